The Morgan fingerprint density at radius 1 is 1.03 bits per heavy atom. The molecule has 0 atom stereocenters. The van der Waals surface area contributed by atoms with Crippen molar-refractivity contribution in [1.29, 1.82) is 0 Å². The van der Waals surface area contributed by atoms with E-state index >= 15 is 0 Å². The van der Waals surface area contributed by atoms with Gasteiger partial charge in [0.25, 0.3) is 0 Å². The van der Waals surface area contributed by atoms with Gasteiger partial charge in [-0.25, -0.2) is 8.42 Å². The molecule has 1 amide bonds. The minimum absolute atomic E-state index is 0.0583. The van der Waals surface area contributed by atoms with Crippen molar-refractivity contribution in [3.63, 3.8) is 0 Å². The van der Waals surface area contributed by atoms with Crippen molar-refractivity contribution >= 4 is 15.9 Å². The number of aryl methyl sites for hydroxylation is 2. The molecule has 0 radical (unpaired) electrons. The van der Waals surface area contributed by atoms with Gasteiger partial charge in [0.15, 0.2) is 0 Å². The van der Waals surface area contributed by atoms with Crippen LogP contribution in [-0.4, -0.2) is 108 Å². The number of nitrogens with zero attached hydrogens (tertiary/aromatic N) is 3. The summed E-state index contributed by atoms with van der Waals surface area (Å²) in [5.74, 6) is 0.548. The van der Waals surface area contributed by atoms with Crippen LogP contribution < -0.4 is 4.74 Å². The van der Waals surface area contributed by atoms with Crippen molar-refractivity contribution in [2.24, 2.45) is 0 Å². The van der Waals surface area contributed by atoms with E-state index in [-0.39, 0.29) is 42.7 Å². The molecule has 1 saturated heterocycles. The minimum Gasteiger partial charge on any atom is -0.497 e. The maximum Gasteiger partial charge on any atom is 0.248 e. The zero-order valence-electron chi connectivity index (χ0n) is 23.2. The first-order valence-electron chi connectivity index (χ1n) is 13.4. The molecule has 1 aromatic carbocycles. The molecule has 1 aliphatic carbocycles. The molecule has 0 bridgehead atoms. The lowest BCUT2D eigenvalue weighted by Gasteiger charge is -2.34. The van der Waals surface area contributed by atoms with Gasteiger partial charge in [-0.15, -0.1) is 0 Å². The number of ether oxygens (including phenoxy) is 3. The third-order valence-corrected chi connectivity index (χ3v) is 9.82. The summed E-state index contributed by atoms with van der Waals surface area (Å²) in [4.78, 5) is 17.2. The van der Waals surface area contributed by atoms with Crippen LogP contribution in [0.1, 0.15) is 49.7 Å². The third-order valence-electron chi connectivity index (χ3n) is 7.66. The average Bonchev–Trinajstić information content (AvgIpc) is 3.39. The molecule has 210 valence electrons. The maximum atomic E-state index is 13.1. The summed E-state index contributed by atoms with van der Waals surface area (Å²) < 4.78 is 44.4. The quantitative estimate of drug-likeness (QED) is 0.356. The van der Waals surface area contributed by atoms with Gasteiger partial charge in [0.2, 0.25) is 15.9 Å². The zero-order chi connectivity index (χ0) is 27.0. The molecular formula is C27H45N3O6S. The fourth-order valence-corrected chi connectivity index (χ4v) is 6.88. The topological polar surface area (TPSA) is 88.6 Å². The second-order valence-electron chi connectivity index (χ2n) is 10.3. The van der Waals surface area contributed by atoms with E-state index in [0.717, 1.165) is 38.8 Å². The van der Waals surface area contributed by atoms with Crippen molar-refractivity contribution in [3.05, 3.63) is 23.3 Å². The lowest BCUT2D eigenvalue weighted by atomic mass is 9.92. The normalized spacial score (nSPS) is 20.9. The van der Waals surface area contributed by atoms with E-state index in [1.807, 2.05) is 7.05 Å². The first kappa shape index (κ1) is 29.8. The Morgan fingerprint density at radius 2 is 1.65 bits per heavy atom. The van der Waals surface area contributed by atoms with Crippen molar-refractivity contribution in [2.45, 2.75) is 69.4 Å². The van der Waals surface area contributed by atoms with E-state index in [2.05, 4.69) is 4.90 Å². The van der Waals surface area contributed by atoms with Crippen molar-refractivity contribution in [1.82, 2.24) is 14.1 Å². The zero-order valence-corrected chi connectivity index (χ0v) is 24.0. The number of likely N-dealkylation sites (tertiary alicyclic amines) is 1. The number of hydrogen-bond donors (Lipinski definition) is 0. The van der Waals surface area contributed by atoms with E-state index in [0.29, 0.717) is 16.9 Å². The van der Waals surface area contributed by atoms with Gasteiger partial charge in [0.05, 0.1) is 31.3 Å². The van der Waals surface area contributed by atoms with E-state index < -0.39 is 10.0 Å². The molecule has 0 unspecified atom stereocenters. The summed E-state index contributed by atoms with van der Waals surface area (Å²) >= 11 is 0. The van der Waals surface area contributed by atoms with Gasteiger partial charge in [-0.2, -0.15) is 4.31 Å². The van der Waals surface area contributed by atoms with Gasteiger partial charge in [0, 0.05) is 33.2 Å². The summed E-state index contributed by atoms with van der Waals surface area (Å²) in [6, 6.07) is 3.62. The first-order chi connectivity index (χ1) is 17.6. The van der Waals surface area contributed by atoms with Crippen LogP contribution in [0.4, 0.5) is 0 Å². The highest BCUT2D eigenvalue weighted by Crippen LogP contribution is 2.28. The molecule has 1 aromatic rings. The third kappa shape index (κ3) is 8.13. The molecule has 3 rings (SSSR count). The summed E-state index contributed by atoms with van der Waals surface area (Å²) in [5.41, 5.74) is 1.27. The molecule has 1 saturated carbocycles. The highest BCUT2D eigenvalue weighted by atomic mass is 32.2. The fraction of sp³-hybridized carbons (Fsp3) is 0.741. The van der Waals surface area contributed by atoms with Crippen LogP contribution in [0.2, 0.25) is 0 Å². The average molecular weight is 540 g/mol. The van der Waals surface area contributed by atoms with Gasteiger partial charge in [-0.3, -0.25) is 4.79 Å². The molecule has 2 fully saturated rings. The van der Waals surface area contributed by atoms with Crippen LogP contribution >= 0.6 is 0 Å². The number of benzene rings is 1. The molecule has 9 nitrogen and oxygen atoms in total. The number of likely N-dealkylation sites (N-methyl/N-ethyl adjacent to an activating group) is 2. The Labute approximate surface area is 223 Å². The number of hydrogen-bond acceptors (Lipinski definition) is 7. The molecule has 37 heavy (non-hydrogen) atoms. The fourth-order valence-electron chi connectivity index (χ4n) is 5.32. The molecule has 1 aliphatic heterocycles. The number of carbonyl (C=O) groups is 1. The largest absolute Gasteiger partial charge is 0.497 e. The van der Waals surface area contributed by atoms with Crippen LogP contribution in [0.3, 0.4) is 0 Å². The Balaban J connectivity index is 1.36. The Bertz CT molecular complexity index is 965. The predicted octanol–water partition coefficient (Wildman–Crippen LogP) is 2.83. The van der Waals surface area contributed by atoms with Gasteiger partial charge >= 0.3 is 0 Å². The van der Waals surface area contributed by atoms with Crippen molar-refractivity contribution in [3.8, 4) is 5.75 Å². The second kappa shape index (κ2) is 13.9. The number of carbonyl (C=O) groups excluding carboxylic acids is 1. The molecule has 0 spiro atoms. The molecular weight excluding hydrogens is 494 g/mol. The van der Waals surface area contributed by atoms with Crippen LogP contribution in [-0.2, 0) is 24.3 Å². The smallest absolute Gasteiger partial charge is 0.248 e. The number of methoxy groups -OCH3 is 1. The lowest BCUT2D eigenvalue weighted by molar-refractivity contribution is -0.138. The van der Waals surface area contributed by atoms with Crippen molar-refractivity contribution < 1.29 is 27.4 Å². The molecule has 0 aromatic heterocycles. The summed E-state index contributed by atoms with van der Waals surface area (Å²) in [7, 11) is 1.23. The Morgan fingerprint density at radius 3 is 2.24 bits per heavy atom. The molecule has 2 aliphatic rings. The van der Waals surface area contributed by atoms with Crippen molar-refractivity contribution in [2.75, 3.05) is 67.2 Å². The number of amides is 1. The second-order valence-corrected chi connectivity index (χ2v) is 12.3. The molecule has 10 heteroatoms. The SMILES string of the molecule is COc1cc(C)c(S(=O)(=O)N(C)CCOCC(=O)N(C)[C@H]2CC[C@@H](OCCN3CCCC3)CC2)c(C)c1. The summed E-state index contributed by atoms with van der Waals surface area (Å²) in [6.07, 6.45) is 6.68. The number of sulfonamides is 1. The summed E-state index contributed by atoms with van der Waals surface area (Å²) in [5, 5.41) is 0. The van der Waals surface area contributed by atoms with Crippen LogP contribution in [0.15, 0.2) is 17.0 Å². The standard InChI is InChI=1S/C27H45N3O6S/c1-21-18-25(34-5)19-22(2)27(21)37(32,33)28(3)14-16-35-20-26(31)29(4)23-8-10-24(11-9-23)36-17-15-30-12-6-7-13-30/h18-19,23-24H,6-17,20H2,1-5H3/t23-,24+. The minimum atomic E-state index is -3.69. The molecule has 0 N–H and O–H groups in total. The Hall–Kier alpha value is -1.72. The number of rotatable bonds is 13. The van der Waals surface area contributed by atoms with Gasteiger partial charge < -0.3 is 24.0 Å². The Kier molecular flexibility index (Phi) is 11.2. The van der Waals surface area contributed by atoms with E-state index in [4.69, 9.17) is 14.2 Å². The summed E-state index contributed by atoms with van der Waals surface area (Å²) in [6.45, 7) is 7.96. The van der Waals surface area contributed by atoms with Crippen LogP contribution in [0.5, 0.6) is 5.75 Å². The predicted molar refractivity (Wildman–Crippen MR) is 144 cm³/mol. The first-order valence-corrected chi connectivity index (χ1v) is 14.9. The van der Waals surface area contributed by atoms with Gasteiger partial charge in [-0.05, 0) is 88.7 Å². The highest BCUT2D eigenvalue weighted by Gasteiger charge is 2.28. The lowest BCUT2D eigenvalue weighted by Crippen LogP contribution is -2.42. The van der Waals surface area contributed by atoms with Crippen LogP contribution in [0.25, 0.3) is 0 Å². The highest BCUT2D eigenvalue weighted by molar-refractivity contribution is 7.89. The monoisotopic (exact) mass is 539 g/mol. The molecule has 1 heterocycles. The van der Waals surface area contributed by atoms with E-state index in [1.54, 1.807) is 38.0 Å². The van der Waals surface area contributed by atoms with E-state index in [1.165, 1.54) is 37.3 Å². The van der Waals surface area contributed by atoms with E-state index in [9.17, 15) is 13.2 Å². The van der Waals surface area contributed by atoms with Gasteiger partial charge in [0.1, 0.15) is 12.4 Å². The maximum absolute atomic E-state index is 13.1. The van der Waals surface area contributed by atoms with Gasteiger partial charge in [-0.1, -0.05) is 0 Å². The van der Waals surface area contributed by atoms with Crippen LogP contribution in [0, 0.1) is 13.8 Å².